The lowest BCUT2D eigenvalue weighted by molar-refractivity contribution is 0.167. The molecule has 1 N–H and O–H groups in total. The highest BCUT2D eigenvalue weighted by molar-refractivity contribution is 5.47. The lowest BCUT2D eigenvalue weighted by atomic mass is 9.96. The summed E-state index contributed by atoms with van der Waals surface area (Å²) in [6.07, 6.45) is 4.65. The van der Waals surface area contributed by atoms with E-state index >= 15 is 0 Å². The first-order valence-corrected chi connectivity index (χ1v) is 6.99. The number of hydrogen-bond acceptors (Lipinski definition) is 4. The van der Waals surface area contributed by atoms with Crippen LogP contribution < -0.4 is 5.32 Å². The van der Waals surface area contributed by atoms with E-state index in [9.17, 15) is 0 Å². The first-order valence-electron chi connectivity index (χ1n) is 6.99. The van der Waals surface area contributed by atoms with E-state index in [0.717, 1.165) is 36.6 Å². The third kappa shape index (κ3) is 4.03. The van der Waals surface area contributed by atoms with Crippen molar-refractivity contribution in [3.63, 3.8) is 0 Å². The minimum Gasteiger partial charge on any atom is -0.375 e. The van der Waals surface area contributed by atoms with Crippen molar-refractivity contribution in [2.45, 2.75) is 39.5 Å². The zero-order chi connectivity index (χ0) is 13.7. The van der Waals surface area contributed by atoms with Gasteiger partial charge in [0.05, 0.1) is 13.2 Å². The predicted molar refractivity (Wildman–Crippen MR) is 77.5 cm³/mol. The van der Waals surface area contributed by atoms with Gasteiger partial charge in [-0.2, -0.15) is 0 Å². The minimum absolute atomic E-state index is 0.628. The Kier molecular flexibility index (Phi) is 4.91. The summed E-state index contributed by atoms with van der Waals surface area (Å²) in [7, 11) is 0. The quantitative estimate of drug-likeness (QED) is 0.632. The highest BCUT2D eigenvalue weighted by Crippen LogP contribution is 2.25. The molecule has 0 aliphatic heterocycles. The summed E-state index contributed by atoms with van der Waals surface area (Å²) in [5.74, 6) is 1.85. The Labute approximate surface area is 115 Å². The van der Waals surface area contributed by atoms with Crippen LogP contribution in [0.1, 0.15) is 36.8 Å². The molecule has 1 heterocycles. The van der Waals surface area contributed by atoms with Gasteiger partial charge >= 0.3 is 0 Å². The van der Waals surface area contributed by atoms with Crippen molar-refractivity contribution >= 4 is 5.82 Å². The van der Waals surface area contributed by atoms with Gasteiger partial charge in [-0.05, 0) is 39.5 Å². The molecule has 0 unspecified atom stereocenters. The summed E-state index contributed by atoms with van der Waals surface area (Å²) in [6, 6.07) is 0. The second-order valence-corrected chi connectivity index (χ2v) is 5.19. The monoisotopic (exact) mass is 261 g/mol. The lowest BCUT2D eigenvalue weighted by Crippen LogP contribution is -2.17. The van der Waals surface area contributed by atoms with Gasteiger partial charge in [0.25, 0.3) is 0 Å². The van der Waals surface area contributed by atoms with E-state index in [-0.39, 0.29) is 0 Å². The number of hydrogen-bond donors (Lipinski definition) is 1. The molecule has 1 aromatic rings. The molecule has 4 heteroatoms. The maximum Gasteiger partial charge on any atom is 0.133 e. The summed E-state index contributed by atoms with van der Waals surface area (Å²) in [5.41, 5.74) is 3.58. The molecule has 0 spiro atoms. The second-order valence-electron chi connectivity index (χ2n) is 5.19. The number of aromatic nitrogens is 2. The molecule has 0 amide bonds. The summed E-state index contributed by atoms with van der Waals surface area (Å²) in [5, 5.41) is 3.38. The highest BCUT2D eigenvalue weighted by atomic mass is 16.5. The van der Waals surface area contributed by atoms with Crippen molar-refractivity contribution in [1.82, 2.24) is 9.97 Å². The average Bonchev–Trinajstić information content (AvgIpc) is 2.37. The van der Waals surface area contributed by atoms with Crippen molar-refractivity contribution in [3.05, 3.63) is 29.2 Å². The van der Waals surface area contributed by atoms with E-state index in [4.69, 9.17) is 4.74 Å². The number of aryl methyl sites for hydroxylation is 2. The van der Waals surface area contributed by atoms with E-state index in [0.29, 0.717) is 13.2 Å². The molecule has 0 aromatic carbocycles. The molecule has 4 nitrogen and oxygen atoms in total. The van der Waals surface area contributed by atoms with E-state index in [1.807, 2.05) is 13.8 Å². The number of fused-ring (bicyclic) bond motifs is 1. The second kappa shape index (κ2) is 6.66. The molecule has 0 atom stereocenters. The van der Waals surface area contributed by atoms with Crippen LogP contribution in [0.15, 0.2) is 12.2 Å². The van der Waals surface area contributed by atoms with Crippen LogP contribution in [0.4, 0.5) is 5.82 Å². The van der Waals surface area contributed by atoms with Gasteiger partial charge in [0.2, 0.25) is 0 Å². The van der Waals surface area contributed by atoms with E-state index in [2.05, 4.69) is 21.9 Å². The molecule has 1 aromatic heterocycles. The molecule has 19 heavy (non-hydrogen) atoms. The number of nitrogens with one attached hydrogen (secondary N) is 1. The maximum atomic E-state index is 5.49. The Morgan fingerprint density at radius 3 is 2.89 bits per heavy atom. The Hall–Kier alpha value is -1.42. The van der Waals surface area contributed by atoms with E-state index in [1.54, 1.807) is 0 Å². The molecule has 0 fully saturated rings. The van der Waals surface area contributed by atoms with Crippen LogP contribution >= 0.6 is 0 Å². The van der Waals surface area contributed by atoms with Gasteiger partial charge in [-0.3, -0.25) is 0 Å². The molecule has 104 valence electrons. The fourth-order valence-corrected chi connectivity index (χ4v) is 2.35. The van der Waals surface area contributed by atoms with Gasteiger partial charge in [-0.1, -0.05) is 12.2 Å². The van der Waals surface area contributed by atoms with Crippen molar-refractivity contribution in [2.24, 2.45) is 0 Å². The van der Waals surface area contributed by atoms with Crippen LogP contribution in [0.5, 0.6) is 0 Å². The predicted octanol–water partition coefficient (Wildman–Crippen LogP) is 2.67. The molecule has 1 aliphatic carbocycles. The van der Waals surface area contributed by atoms with Crippen molar-refractivity contribution < 1.29 is 4.74 Å². The van der Waals surface area contributed by atoms with Crippen molar-refractivity contribution in [3.8, 4) is 0 Å². The third-order valence-corrected chi connectivity index (χ3v) is 3.18. The number of rotatable bonds is 6. The third-order valence-electron chi connectivity index (χ3n) is 3.18. The zero-order valence-corrected chi connectivity index (χ0v) is 12.0. The summed E-state index contributed by atoms with van der Waals surface area (Å²) >= 11 is 0. The molecule has 0 bridgehead atoms. The Morgan fingerprint density at radius 2 is 2.11 bits per heavy atom. The number of nitrogens with zero attached hydrogens (tertiary/aromatic N) is 2. The average molecular weight is 261 g/mol. The van der Waals surface area contributed by atoms with E-state index < -0.39 is 0 Å². The summed E-state index contributed by atoms with van der Waals surface area (Å²) in [4.78, 5) is 9.07. The van der Waals surface area contributed by atoms with Gasteiger partial charge < -0.3 is 10.1 Å². The molecule has 1 aliphatic rings. The summed E-state index contributed by atoms with van der Waals surface area (Å²) in [6.45, 7) is 9.81. The van der Waals surface area contributed by atoms with Crippen LogP contribution in [0.2, 0.25) is 0 Å². The standard InChI is InChI=1S/C15H23N3O/c1-11(2)10-19-9-8-16-15-13-6-4-5-7-14(13)17-12(3)18-15/h1,4-10H2,2-3H3,(H,16,17,18). The van der Waals surface area contributed by atoms with Gasteiger partial charge in [0, 0.05) is 17.8 Å². The van der Waals surface area contributed by atoms with Crippen LogP contribution in [0.3, 0.4) is 0 Å². The number of ether oxygens (including phenoxy) is 1. The fraction of sp³-hybridized carbons (Fsp3) is 0.600. The first kappa shape index (κ1) is 14.0. The van der Waals surface area contributed by atoms with Crippen LogP contribution in [-0.2, 0) is 17.6 Å². The van der Waals surface area contributed by atoms with Crippen LogP contribution in [0, 0.1) is 6.92 Å². The Balaban J connectivity index is 1.92. The van der Waals surface area contributed by atoms with Crippen molar-refractivity contribution in [2.75, 3.05) is 25.1 Å². The normalized spacial score (nSPS) is 14.0. The number of anilines is 1. The Morgan fingerprint density at radius 1 is 1.32 bits per heavy atom. The van der Waals surface area contributed by atoms with Gasteiger partial charge in [0.15, 0.2) is 0 Å². The molecule has 2 rings (SSSR count). The maximum absolute atomic E-state index is 5.49. The van der Waals surface area contributed by atoms with Gasteiger partial charge in [-0.25, -0.2) is 9.97 Å². The smallest absolute Gasteiger partial charge is 0.133 e. The Bertz CT molecular complexity index is 457. The van der Waals surface area contributed by atoms with Gasteiger partial charge in [-0.15, -0.1) is 0 Å². The van der Waals surface area contributed by atoms with E-state index in [1.165, 1.54) is 24.1 Å². The lowest BCUT2D eigenvalue weighted by Gasteiger charge is -2.19. The van der Waals surface area contributed by atoms with Crippen LogP contribution in [-0.4, -0.2) is 29.7 Å². The molecule has 0 saturated heterocycles. The SMILES string of the molecule is C=C(C)COCCNc1nc(C)nc2c1CCCC2. The zero-order valence-electron chi connectivity index (χ0n) is 12.0. The van der Waals surface area contributed by atoms with Crippen LogP contribution in [0.25, 0.3) is 0 Å². The van der Waals surface area contributed by atoms with Gasteiger partial charge in [0.1, 0.15) is 11.6 Å². The fourth-order valence-electron chi connectivity index (χ4n) is 2.35. The molecule has 0 radical (unpaired) electrons. The summed E-state index contributed by atoms with van der Waals surface area (Å²) < 4.78 is 5.49. The highest BCUT2D eigenvalue weighted by Gasteiger charge is 2.16. The molecule has 0 saturated carbocycles. The van der Waals surface area contributed by atoms with Crippen molar-refractivity contribution in [1.29, 1.82) is 0 Å². The first-order chi connectivity index (χ1) is 9.16. The molecular formula is C15H23N3O. The topological polar surface area (TPSA) is 47.0 Å². The molecular weight excluding hydrogens is 238 g/mol. The minimum atomic E-state index is 0.628. The largest absolute Gasteiger partial charge is 0.375 e.